The second-order valence-electron chi connectivity index (χ2n) is 7.88. The number of imidazole rings is 1. The first-order chi connectivity index (χ1) is 15.6. The van der Waals surface area contributed by atoms with Gasteiger partial charge in [0.2, 0.25) is 5.95 Å². The predicted molar refractivity (Wildman–Crippen MR) is 125 cm³/mol. The van der Waals surface area contributed by atoms with Crippen LogP contribution in [-0.2, 0) is 13.1 Å². The van der Waals surface area contributed by atoms with Gasteiger partial charge in [-0.2, -0.15) is 4.98 Å². The van der Waals surface area contributed by atoms with Crippen molar-refractivity contribution >= 4 is 40.3 Å². The van der Waals surface area contributed by atoms with E-state index in [9.17, 15) is 4.39 Å². The van der Waals surface area contributed by atoms with E-state index in [1.54, 1.807) is 18.3 Å². The molecule has 0 saturated carbocycles. The topological polar surface area (TPSA) is 67.7 Å². The molecule has 6 nitrogen and oxygen atoms in total. The zero-order valence-electron chi connectivity index (χ0n) is 17.2. The van der Waals surface area contributed by atoms with Gasteiger partial charge in [0.05, 0.1) is 16.8 Å². The minimum Gasteiger partial charge on any atom is -0.350 e. The summed E-state index contributed by atoms with van der Waals surface area (Å²) in [5, 5.41) is 7.64. The van der Waals surface area contributed by atoms with Crippen LogP contribution in [0, 0.1) is 11.7 Å². The molecule has 0 bridgehead atoms. The van der Waals surface area contributed by atoms with E-state index >= 15 is 0 Å². The molecule has 32 heavy (non-hydrogen) atoms. The van der Waals surface area contributed by atoms with Crippen molar-refractivity contribution in [2.24, 2.45) is 5.92 Å². The van der Waals surface area contributed by atoms with E-state index in [4.69, 9.17) is 28.2 Å². The van der Waals surface area contributed by atoms with Gasteiger partial charge in [-0.25, -0.2) is 14.4 Å². The number of rotatable bonds is 6. The van der Waals surface area contributed by atoms with Crippen molar-refractivity contribution in [2.75, 3.05) is 18.4 Å². The van der Waals surface area contributed by atoms with E-state index in [-0.39, 0.29) is 5.56 Å². The second-order valence-corrected chi connectivity index (χ2v) is 8.73. The molecule has 1 aliphatic rings. The Morgan fingerprint density at radius 2 is 1.97 bits per heavy atom. The molecular formula is C23H21Cl2FN6. The summed E-state index contributed by atoms with van der Waals surface area (Å²) >= 11 is 12.3. The molecule has 2 aromatic carbocycles. The monoisotopic (exact) mass is 470 g/mol. The maximum Gasteiger partial charge on any atom is 0.225 e. The van der Waals surface area contributed by atoms with Crippen LogP contribution in [0.5, 0.6) is 0 Å². The van der Waals surface area contributed by atoms with E-state index in [1.807, 2.05) is 28.8 Å². The van der Waals surface area contributed by atoms with Crippen LogP contribution in [0.3, 0.4) is 0 Å². The highest BCUT2D eigenvalue weighted by atomic mass is 35.5. The molecule has 1 saturated heterocycles. The van der Waals surface area contributed by atoms with E-state index in [1.165, 1.54) is 6.07 Å². The lowest BCUT2D eigenvalue weighted by Gasteiger charge is -2.14. The molecule has 4 aromatic rings. The molecule has 1 unspecified atom stereocenters. The third-order valence-corrected chi connectivity index (χ3v) is 6.21. The lowest BCUT2D eigenvalue weighted by Crippen LogP contribution is -2.16. The van der Waals surface area contributed by atoms with Gasteiger partial charge >= 0.3 is 0 Å². The Morgan fingerprint density at radius 3 is 2.72 bits per heavy atom. The molecule has 1 atom stereocenters. The second kappa shape index (κ2) is 9.02. The Hall–Kier alpha value is -2.74. The Kier molecular flexibility index (Phi) is 5.95. The molecular weight excluding hydrogens is 450 g/mol. The van der Waals surface area contributed by atoms with Crippen molar-refractivity contribution < 1.29 is 4.39 Å². The molecule has 1 aliphatic heterocycles. The fourth-order valence-corrected chi connectivity index (χ4v) is 4.36. The minimum absolute atomic E-state index is 0.286. The van der Waals surface area contributed by atoms with Crippen molar-refractivity contribution in [1.29, 1.82) is 0 Å². The molecule has 0 radical (unpaired) electrons. The average molecular weight is 471 g/mol. The van der Waals surface area contributed by atoms with Gasteiger partial charge in [-0.1, -0.05) is 41.4 Å². The highest BCUT2D eigenvalue weighted by molar-refractivity contribution is 6.33. The number of benzene rings is 2. The van der Waals surface area contributed by atoms with Crippen LogP contribution in [0.2, 0.25) is 10.0 Å². The number of halogens is 3. The number of anilines is 1. The highest BCUT2D eigenvalue weighted by Gasteiger charge is 2.24. The first-order valence-electron chi connectivity index (χ1n) is 10.4. The molecule has 5 rings (SSSR count). The average Bonchev–Trinajstić information content (AvgIpc) is 3.42. The predicted octanol–water partition coefficient (Wildman–Crippen LogP) is 5.16. The Labute approximate surface area is 194 Å². The smallest absolute Gasteiger partial charge is 0.225 e. The number of hydrogen-bond donors (Lipinski definition) is 2. The molecule has 3 heterocycles. The normalized spacial score (nSPS) is 16.0. The maximum absolute atomic E-state index is 14.8. The van der Waals surface area contributed by atoms with Gasteiger partial charge in [-0.05, 0) is 55.3 Å². The third-order valence-electron chi connectivity index (χ3n) is 5.64. The first kappa shape index (κ1) is 21.1. The van der Waals surface area contributed by atoms with Crippen LogP contribution in [-0.4, -0.2) is 32.6 Å². The van der Waals surface area contributed by atoms with E-state index in [2.05, 4.69) is 20.6 Å². The summed E-state index contributed by atoms with van der Waals surface area (Å²) in [6, 6.07) is 12.2. The van der Waals surface area contributed by atoms with Crippen LogP contribution >= 0.6 is 23.2 Å². The summed E-state index contributed by atoms with van der Waals surface area (Å²) in [6.07, 6.45) is 2.70. The summed E-state index contributed by atoms with van der Waals surface area (Å²) in [5.41, 5.74) is 2.60. The quantitative estimate of drug-likeness (QED) is 0.407. The Morgan fingerprint density at radius 1 is 1.12 bits per heavy atom. The zero-order valence-corrected chi connectivity index (χ0v) is 18.7. The number of fused-ring (bicyclic) bond motifs is 1. The van der Waals surface area contributed by atoms with Crippen LogP contribution in [0.1, 0.15) is 12.0 Å². The molecule has 2 N–H and O–H groups in total. The van der Waals surface area contributed by atoms with Gasteiger partial charge < -0.3 is 15.2 Å². The van der Waals surface area contributed by atoms with Gasteiger partial charge in [-0.3, -0.25) is 0 Å². The number of aromatic nitrogens is 4. The van der Waals surface area contributed by atoms with E-state index in [0.717, 1.165) is 25.1 Å². The number of hydrogen-bond acceptors (Lipinski definition) is 5. The van der Waals surface area contributed by atoms with Crippen LogP contribution in [0.4, 0.5) is 10.3 Å². The molecule has 2 aromatic heterocycles. The molecule has 164 valence electrons. The van der Waals surface area contributed by atoms with Gasteiger partial charge in [0.15, 0.2) is 5.65 Å². The zero-order chi connectivity index (χ0) is 22.1. The summed E-state index contributed by atoms with van der Waals surface area (Å²) in [5.74, 6) is 0.938. The van der Waals surface area contributed by atoms with Crippen molar-refractivity contribution in [3.63, 3.8) is 0 Å². The van der Waals surface area contributed by atoms with Gasteiger partial charge in [0.25, 0.3) is 0 Å². The SMILES string of the molecule is Fc1cccc(Cl)c1-c1nc2cnc(NCc3ccc(Cl)cc3)nc2n1CC1CCNC1. The maximum atomic E-state index is 14.8. The van der Waals surface area contributed by atoms with Crippen LogP contribution in [0.15, 0.2) is 48.7 Å². The molecule has 0 aliphatic carbocycles. The van der Waals surface area contributed by atoms with Gasteiger partial charge in [0.1, 0.15) is 17.2 Å². The summed E-state index contributed by atoms with van der Waals surface area (Å²) < 4.78 is 16.7. The Bertz CT molecular complexity index is 1230. The van der Waals surface area contributed by atoms with Crippen molar-refractivity contribution in [1.82, 2.24) is 24.8 Å². The molecule has 1 fully saturated rings. The molecule has 9 heteroatoms. The lowest BCUT2D eigenvalue weighted by molar-refractivity contribution is 0.489. The third kappa shape index (κ3) is 4.28. The van der Waals surface area contributed by atoms with Crippen molar-refractivity contribution in [2.45, 2.75) is 19.5 Å². The standard InChI is InChI=1S/C23H21Cl2FN6/c24-16-6-4-14(5-7-16)11-28-23-29-12-19-21(31-23)32(13-15-8-9-27-10-15)22(30-19)20-17(25)2-1-3-18(20)26/h1-7,12,15,27H,8-11,13H2,(H,28,29,31). The Balaban J connectivity index is 1.54. The van der Waals surface area contributed by atoms with E-state index in [0.29, 0.717) is 52.0 Å². The fourth-order valence-electron chi connectivity index (χ4n) is 3.99. The van der Waals surface area contributed by atoms with Gasteiger partial charge in [-0.15, -0.1) is 0 Å². The largest absolute Gasteiger partial charge is 0.350 e. The van der Waals surface area contributed by atoms with E-state index < -0.39 is 5.82 Å². The van der Waals surface area contributed by atoms with Gasteiger partial charge in [0, 0.05) is 18.1 Å². The lowest BCUT2D eigenvalue weighted by atomic mass is 10.1. The van der Waals surface area contributed by atoms with Crippen molar-refractivity contribution in [3.05, 3.63) is 70.1 Å². The summed E-state index contributed by atoms with van der Waals surface area (Å²) in [4.78, 5) is 13.8. The highest BCUT2D eigenvalue weighted by Crippen LogP contribution is 2.33. The number of nitrogens with zero attached hydrogens (tertiary/aromatic N) is 4. The fraction of sp³-hybridized carbons (Fsp3) is 0.261. The summed E-state index contributed by atoms with van der Waals surface area (Å²) in [7, 11) is 0. The summed E-state index contributed by atoms with van der Waals surface area (Å²) in [6.45, 7) is 3.08. The van der Waals surface area contributed by atoms with Crippen LogP contribution in [0.25, 0.3) is 22.6 Å². The first-order valence-corrected chi connectivity index (χ1v) is 11.2. The molecule has 0 spiro atoms. The number of nitrogens with one attached hydrogen (secondary N) is 2. The van der Waals surface area contributed by atoms with Crippen molar-refractivity contribution in [3.8, 4) is 11.4 Å². The molecule has 0 amide bonds. The van der Waals surface area contributed by atoms with Crippen LogP contribution < -0.4 is 10.6 Å². The minimum atomic E-state index is -0.410.